The number of ether oxygens (including phenoxy) is 1. The fraction of sp³-hybridized carbons (Fsp3) is 0.385. The maximum Gasteiger partial charge on any atom is 0.270 e. The fourth-order valence-electron chi connectivity index (χ4n) is 3.54. The van der Waals surface area contributed by atoms with E-state index in [0.29, 0.717) is 9.23 Å². The van der Waals surface area contributed by atoms with Gasteiger partial charge in [-0.3, -0.25) is 9.69 Å². The number of benzene rings is 2. The molecule has 1 fully saturated rings. The lowest BCUT2D eigenvalue weighted by Gasteiger charge is -2.18. The van der Waals surface area contributed by atoms with Crippen LogP contribution in [0.2, 0.25) is 0 Å². The SMILES string of the molecule is CCCCCCCCOc1ccc(C=C2SC(=S)N(c3cccc(C)c3C)C2=O)cc1. The minimum atomic E-state index is -0.0629. The van der Waals surface area contributed by atoms with E-state index in [1.807, 2.05) is 62.4 Å². The van der Waals surface area contributed by atoms with Gasteiger partial charge in [0.2, 0.25) is 0 Å². The second kappa shape index (κ2) is 11.5. The quantitative estimate of drug-likeness (QED) is 0.212. The van der Waals surface area contributed by atoms with Gasteiger partial charge in [0.05, 0.1) is 17.2 Å². The third-order valence-corrected chi connectivity index (χ3v) is 6.86. The molecule has 0 radical (unpaired) electrons. The summed E-state index contributed by atoms with van der Waals surface area (Å²) in [6.07, 6.45) is 9.43. The van der Waals surface area contributed by atoms with E-state index < -0.39 is 0 Å². The number of aryl methyl sites for hydroxylation is 1. The van der Waals surface area contributed by atoms with Crippen molar-refractivity contribution < 1.29 is 9.53 Å². The molecular formula is C26H31NO2S2. The molecular weight excluding hydrogens is 422 g/mol. The van der Waals surface area contributed by atoms with E-state index in [1.165, 1.54) is 43.9 Å². The molecule has 31 heavy (non-hydrogen) atoms. The Hall–Kier alpha value is -2.11. The van der Waals surface area contributed by atoms with Crippen LogP contribution in [0.25, 0.3) is 6.08 Å². The van der Waals surface area contributed by atoms with E-state index in [1.54, 1.807) is 4.90 Å². The number of thiocarbonyl (C=S) groups is 1. The van der Waals surface area contributed by atoms with Crippen LogP contribution in [-0.2, 0) is 4.79 Å². The summed E-state index contributed by atoms with van der Waals surface area (Å²) in [5.41, 5.74) is 4.05. The van der Waals surface area contributed by atoms with Gasteiger partial charge < -0.3 is 4.74 Å². The summed E-state index contributed by atoms with van der Waals surface area (Å²) < 4.78 is 6.43. The first kappa shape index (κ1) is 23.6. The molecule has 0 N–H and O–H groups in total. The van der Waals surface area contributed by atoms with E-state index in [4.69, 9.17) is 17.0 Å². The van der Waals surface area contributed by atoms with Crippen LogP contribution in [0.4, 0.5) is 5.69 Å². The first-order valence-corrected chi connectivity index (χ1v) is 12.3. The zero-order chi connectivity index (χ0) is 22.2. The molecule has 5 heteroatoms. The van der Waals surface area contributed by atoms with E-state index >= 15 is 0 Å². The molecule has 0 saturated carbocycles. The number of rotatable bonds is 10. The number of carbonyl (C=O) groups excluding carboxylic acids is 1. The molecule has 1 aliphatic heterocycles. The molecule has 1 saturated heterocycles. The lowest BCUT2D eigenvalue weighted by Crippen LogP contribution is -2.28. The molecule has 1 aliphatic rings. The van der Waals surface area contributed by atoms with E-state index in [2.05, 4.69) is 6.92 Å². The van der Waals surface area contributed by atoms with Gasteiger partial charge in [-0.05, 0) is 61.2 Å². The van der Waals surface area contributed by atoms with Crippen LogP contribution in [0, 0.1) is 13.8 Å². The summed E-state index contributed by atoms with van der Waals surface area (Å²) in [7, 11) is 0. The van der Waals surface area contributed by atoms with Crippen molar-refractivity contribution in [3.63, 3.8) is 0 Å². The van der Waals surface area contributed by atoms with Gasteiger partial charge in [-0.2, -0.15) is 0 Å². The molecule has 0 unspecified atom stereocenters. The molecule has 2 aromatic rings. The first-order chi connectivity index (χ1) is 15.0. The van der Waals surface area contributed by atoms with Gasteiger partial charge in [0.15, 0.2) is 4.32 Å². The van der Waals surface area contributed by atoms with Crippen molar-refractivity contribution in [1.82, 2.24) is 0 Å². The summed E-state index contributed by atoms with van der Waals surface area (Å²) in [5, 5.41) is 0. The Bertz CT molecular complexity index is 950. The number of hydrogen-bond acceptors (Lipinski definition) is 4. The molecule has 2 aromatic carbocycles. The number of hydrogen-bond donors (Lipinski definition) is 0. The van der Waals surface area contributed by atoms with Gasteiger partial charge in [-0.15, -0.1) is 0 Å². The number of unbranched alkanes of at least 4 members (excludes halogenated alkanes) is 5. The molecule has 0 bridgehead atoms. The van der Waals surface area contributed by atoms with Crippen molar-refractivity contribution >= 4 is 46.0 Å². The molecule has 1 amide bonds. The normalized spacial score (nSPS) is 15.2. The molecule has 1 heterocycles. The Kier molecular flexibility index (Phi) is 8.73. The highest BCUT2D eigenvalue weighted by molar-refractivity contribution is 8.27. The summed E-state index contributed by atoms with van der Waals surface area (Å²) in [6.45, 7) is 7.05. The molecule has 164 valence electrons. The molecule has 3 rings (SSSR count). The van der Waals surface area contributed by atoms with Gasteiger partial charge in [0, 0.05) is 0 Å². The van der Waals surface area contributed by atoms with Crippen molar-refractivity contribution in [3.8, 4) is 5.75 Å². The molecule has 0 aromatic heterocycles. The Morgan fingerprint density at radius 2 is 1.71 bits per heavy atom. The van der Waals surface area contributed by atoms with E-state index in [0.717, 1.165) is 41.2 Å². The zero-order valence-corrected chi connectivity index (χ0v) is 20.3. The fourth-order valence-corrected chi connectivity index (χ4v) is 4.82. The maximum absolute atomic E-state index is 13.0. The van der Waals surface area contributed by atoms with Crippen molar-refractivity contribution in [2.24, 2.45) is 0 Å². The van der Waals surface area contributed by atoms with Crippen LogP contribution in [-0.4, -0.2) is 16.8 Å². The van der Waals surface area contributed by atoms with Crippen molar-refractivity contribution in [1.29, 1.82) is 0 Å². The number of anilines is 1. The summed E-state index contributed by atoms with van der Waals surface area (Å²) in [5.74, 6) is 0.806. The average molecular weight is 454 g/mol. The monoisotopic (exact) mass is 453 g/mol. The van der Waals surface area contributed by atoms with Crippen LogP contribution in [0.1, 0.15) is 62.1 Å². The smallest absolute Gasteiger partial charge is 0.270 e. The van der Waals surface area contributed by atoms with Crippen LogP contribution in [0.3, 0.4) is 0 Å². The van der Waals surface area contributed by atoms with Crippen LogP contribution >= 0.6 is 24.0 Å². The molecule has 0 atom stereocenters. The third kappa shape index (κ3) is 6.20. The van der Waals surface area contributed by atoms with Crippen molar-refractivity contribution in [2.75, 3.05) is 11.5 Å². The molecule has 0 spiro atoms. The standard InChI is InChI=1S/C26H31NO2S2/c1-4-5-6-7-8-9-17-29-22-15-13-21(14-16-22)18-24-25(28)27(26(30)31-24)23-12-10-11-19(2)20(23)3/h10-16,18H,4-9,17H2,1-3H3. The van der Waals surface area contributed by atoms with Gasteiger partial charge in [0.1, 0.15) is 5.75 Å². The van der Waals surface area contributed by atoms with Gasteiger partial charge in [0.25, 0.3) is 5.91 Å². The summed E-state index contributed by atoms with van der Waals surface area (Å²) >= 11 is 6.87. The summed E-state index contributed by atoms with van der Waals surface area (Å²) in [6, 6.07) is 13.9. The van der Waals surface area contributed by atoms with Gasteiger partial charge >= 0.3 is 0 Å². The zero-order valence-electron chi connectivity index (χ0n) is 18.6. The minimum absolute atomic E-state index is 0.0629. The highest BCUT2D eigenvalue weighted by Gasteiger charge is 2.34. The number of carbonyl (C=O) groups is 1. The van der Waals surface area contributed by atoms with Crippen LogP contribution in [0.5, 0.6) is 5.75 Å². The van der Waals surface area contributed by atoms with Crippen molar-refractivity contribution in [3.05, 3.63) is 64.1 Å². The predicted molar refractivity (Wildman–Crippen MR) is 137 cm³/mol. The van der Waals surface area contributed by atoms with Crippen LogP contribution < -0.4 is 9.64 Å². The predicted octanol–water partition coefficient (Wildman–Crippen LogP) is 7.45. The number of amides is 1. The lowest BCUT2D eigenvalue weighted by atomic mass is 10.1. The maximum atomic E-state index is 13.0. The highest BCUT2D eigenvalue weighted by atomic mass is 32.2. The number of thioether (sulfide) groups is 1. The largest absolute Gasteiger partial charge is 0.494 e. The van der Waals surface area contributed by atoms with Gasteiger partial charge in [-0.25, -0.2) is 0 Å². The highest BCUT2D eigenvalue weighted by Crippen LogP contribution is 2.37. The topological polar surface area (TPSA) is 29.5 Å². The number of nitrogens with zero attached hydrogens (tertiary/aromatic N) is 1. The Morgan fingerprint density at radius 3 is 2.45 bits per heavy atom. The Labute approximate surface area is 195 Å². The Morgan fingerprint density at radius 1 is 1.00 bits per heavy atom. The Balaban J connectivity index is 1.59. The second-order valence-electron chi connectivity index (χ2n) is 7.92. The molecule has 0 aliphatic carbocycles. The van der Waals surface area contributed by atoms with E-state index in [9.17, 15) is 4.79 Å². The van der Waals surface area contributed by atoms with Crippen LogP contribution in [0.15, 0.2) is 47.4 Å². The second-order valence-corrected chi connectivity index (χ2v) is 9.60. The molecule has 3 nitrogen and oxygen atoms in total. The summed E-state index contributed by atoms with van der Waals surface area (Å²) in [4.78, 5) is 15.3. The van der Waals surface area contributed by atoms with Gasteiger partial charge in [-0.1, -0.05) is 87.3 Å². The first-order valence-electron chi connectivity index (χ1n) is 11.1. The van der Waals surface area contributed by atoms with Crippen molar-refractivity contribution in [2.45, 2.75) is 59.3 Å². The lowest BCUT2D eigenvalue weighted by molar-refractivity contribution is -0.113. The minimum Gasteiger partial charge on any atom is -0.494 e. The third-order valence-electron chi connectivity index (χ3n) is 5.56. The van der Waals surface area contributed by atoms with E-state index in [-0.39, 0.29) is 5.91 Å². The average Bonchev–Trinajstić information content (AvgIpc) is 3.03.